The van der Waals surface area contributed by atoms with Crippen LogP contribution < -0.4 is 16.6 Å². The van der Waals surface area contributed by atoms with Crippen molar-refractivity contribution in [1.82, 2.24) is 24.8 Å². The molecule has 25 heavy (non-hydrogen) atoms. The van der Waals surface area contributed by atoms with Crippen molar-refractivity contribution in [2.45, 2.75) is 26.3 Å². The Morgan fingerprint density at radius 2 is 2.04 bits per heavy atom. The molecule has 0 spiro atoms. The molecule has 130 valence electrons. The molecule has 8 heteroatoms. The summed E-state index contributed by atoms with van der Waals surface area (Å²) in [6.45, 7) is 2.40. The minimum Gasteiger partial charge on any atom is -0.356 e. The Kier molecular flexibility index (Phi) is 4.78. The van der Waals surface area contributed by atoms with Crippen LogP contribution in [-0.4, -0.2) is 32.0 Å². The van der Waals surface area contributed by atoms with Gasteiger partial charge in [0.05, 0.1) is 11.0 Å². The van der Waals surface area contributed by atoms with Crippen LogP contribution >= 0.6 is 0 Å². The zero-order valence-electron chi connectivity index (χ0n) is 13.8. The molecule has 0 radical (unpaired) electrons. The SMILES string of the molecule is Cc1nc(CCNC(=O)CCn2c(=O)[nH]c3ccccc32)cc(=O)[nH]1. The highest BCUT2D eigenvalue weighted by molar-refractivity contribution is 5.77. The fraction of sp³-hybridized carbons (Fsp3) is 0.294. The Bertz CT molecular complexity index is 1010. The van der Waals surface area contributed by atoms with Gasteiger partial charge in [0.25, 0.3) is 5.56 Å². The molecule has 3 rings (SSSR count). The highest BCUT2D eigenvalue weighted by atomic mass is 16.2. The number of imidazole rings is 1. The first-order valence-electron chi connectivity index (χ1n) is 8.04. The molecule has 2 heterocycles. The molecule has 1 amide bonds. The third kappa shape index (κ3) is 4.03. The lowest BCUT2D eigenvalue weighted by Gasteiger charge is -2.06. The summed E-state index contributed by atoms with van der Waals surface area (Å²) in [6, 6.07) is 8.78. The molecular formula is C17H19N5O3. The molecule has 0 aliphatic heterocycles. The molecule has 2 aromatic heterocycles. The van der Waals surface area contributed by atoms with E-state index >= 15 is 0 Å². The van der Waals surface area contributed by atoms with Crippen molar-refractivity contribution >= 4 is 16.9 Å². The summed E-state index contributed by atoms with van der Waals surface area (Å²) in [5, 5.41) is 2.78. The second kappa shape index (κ2) is 7.16. The van der Waals surface area contributed by atoms with E-state index in [9.17, 15) is 14.4 Å². The minimum absolute atomic E-state index is 0.154. The van der Waals surface area contributed by atoms with Crippen LogP contribution in [0.5, 0.6) is 0 Å². The quantitative estimate of drug-likeness (QED) is 0.605. The second-order valence-electron chi connectivity index (χ2n) is 5.77. The summed E-state index contributed by atoms with van der Waals surface area (Å²) < 4.78 is 1.55. The van der Waals surface area contributed by atoms with Crippen LogP contribution in [0.4, 0.5) is 0 Å². The maximum absolute atomic E-state index is 12.0. The Morgan fingerprint density at radius 3 is 2.84 bits per heavy atom. The van der Waals surface area contributed by atoms with Crippen LogP contribution in [0.1, 0.15) is 17.9 Å². The highest BCUT2D eigenvalue weighted by Gasteiger charge is 2.08. The number of amides is 1. The zero-order chi connectivity index (χ0) is 17.8. The molecule has 0 aliphatic carbocycles. The first-order valence-corrected chi connectivity index (χ1v) is 8.04. The number of hydrogen-bond donors (Lipinski definition) is 3. The van der Waals surface area contributed by atoms with Crippen LogP contribution in [0.3, 0.4) is 0 Å². The lowest BCUT2D eigenvalue weighted by Crippen LogP contribution is -2.28. The summed E-state index contributed by atoms with van der Waals surface area (Å²) in [7, 11) is 0. The van der Waals surface area contributed by atoms with Gasteiger partial charge in [0.1, 0.15) is 5.82 Å². The smallest absolute Gasteiger partial charge is 0.326 e. The molecule has 0 unspecified atom stereocenters. The predicted molar refractivity (Wildman–Crippen MR) is 93.5 cm³/mol. The lowest BCUT2D eigenvalue weighted by molar-refractivity contribution is -0.121. The van der Waals surface area contributed by atoms with Crippen molar-refractivity contribution < 1.29 is 4.79 Å². The predicted octanol–water partition coefficient (Wildman–Crippen LogP) is 0.470. The van der Waals surface area contributed by atoms with Gasteiger partial charge in [0.15, 0.2) is 0 Å². The van der Waals surface area contributed by atoms with Gasteiger partial charge in [-0.25, -0.2) is 9.78 Å². The average molecular weight is 341 g/mol. The number of benzene rings is 1. The number of carbonyl (C=O) groups excluding carboxylic acids is 1. The monoisotopic (exact) mass is 341 g/mol. The summed E-state index contributed by atoms with van der Waals surface area (Å²) in [6.07, 6.45) is 0.674. The number of para-hydroxylation sites is 2. The van der Waals surface area contributed by atoms with E-state index in [0.717, 1.165) is 11.0 Å². The maximum atomic E-state index is 12.0. The van der Waals surface area contributed by atoms with Crippen molar-refractivity contribution in [1.29, 1.82) is 0 Å². The molecule has 0 saturated carbocycles. The van der Waals surface area contributed by atoms with Gasteiger partial charge in [-0.3, -0.25) is 14.2 Å². The third-order valence-electron chi connectivity index (χ3n) is 3.86. The number of aromatic nitrogens is 4. The van der Waals surface area contributed by atoms with Crippen molar-refractivity contribution in [3.63, 3.8) is 0 Å². The van der Waals surface area contributed by atoms with Gasteiger partial charge in [-0.2, -0.15) is 0 Å². The van der Waals surface area contributed by atoms with Gasteiger partial charge in [-0.15, -0.1) is 0 Å². The molecule has 8 nitrogen and oxygen atoms in total. The topological polar surface area (TPSA) is 113 Å². The van der Waals surface area contributed by atoms with Gasteiger partial charge in [0.2, 0.25) is 5.91 Å². The van der Waals surface area contributed by atoms with Crippen LogP contribution in [0.2, 0.25) is 0 Å². The van der Waals surface area contributed by atoms with E-state index in [0.29, 0.717) is 31.0 Å². The van der Waals surface area contributed by atoms with Gasteiger partial charge in [-0.1, -0.05) is 12.1 Å². The van der Waals surface area contributed by atoms with Crippen LogP contribution in [-0.2, 0) is 17.8 Å². The normalized spacial score (nSPS) is 10.9. The molecule has 0 bridgehead atoms. The molecule has 0 fully saturated rings. The fourth-order valence-electron chi connectivity index (χ4n) is 2.73. The molecule has 3 N–H and O–H groups in total. The van der Waals surface area contributed by atoms with Crippen molar-refractivity contribution in [3.05, 3.63) is 62.7 Å². The van der Waals surface area contributed by atoms with Crippen LogP contribution in [0.25, 0.3) is 11.0 Å². The molecule has 0 saturated heterocycles. The number of aryl methyl sites for hydroxylation is 2. The Balaban J connectivity index is 1.53. The molecule has 0 aliphatic rings. The van der Waals surface area contributed by atoms with Crippen molar-refractivity contribution in [2.75, 3.05) is 6.54 Å². The van der Waals surface area contributed by atoms with Crippen LogP contribution in [0, 0.1) is 6.92 Å². The van der Waals surface area contributed by atoms with E-state index in [2.05, 4.69) is 20.3 Å². The van der Waals surface area contributed by atoms with Crippen molar-refractivity contribution in [3.8, 4) is 0 Å². The zero-order valence-corrected chi connectivity index (χ0v) is 13.8. The third-order valence-corrected chi connectivity index (χ3v) is 3.86. The van der Waals surface area contributed by atoms with E-state index in [4.69, 9.17) is 0 Å². The van der Waals surface area contributed by atoms with E-state index in [1.807, 2.05) is 24.3 Å². The number of nitrogens with zero attached hydrogens (tertiary/aromatic N) is 2. The molecule has 0 atom stereocenters. The number of hydrogen-bond acceptors (Lipinski definition) is 4. The Labute approximate surface area is 142 Å². The fourth-order valence-corrected chi connectivity index (χ4v) is 2.73. The largest absolute Gasteiger partial charge is 0.356 e. The number of fused-ring (bicyclic) bond motifs is 1. The average Bonchev–Trinajstić information content (AvgIpc) is 2.87. The van der Waals surface area contributed by atoms with E-state index in [1.165, 1.54) is 6.07 Å². The molecule has 3 aromatic rings. The summed E-state index contributed by atoms with van der Waals surface area (Å²) in [5.74, 6) is 0.395. The Morgan fingerprint density at radius 1 is 1.24 bits per heavy atom. The number of nitrogens with one attached hydrogen (secondary N) is 3. The van der Waals surface area contributed by atoms with Gasteiger partial charge in [-0.05, 0) is 19.1 Å². The Hall–Kier alpha value is -3.16. The van der Waals surface area contributed by atoms with Gasteiger partial charge < -0.3 is 15.3 Å². The number of rotatable bonds is 6. The highest BCUT2D eigenvalue weighted by Crippen LogP contribution is 2.09. The van der Waals surface area contributed by atoms with Gasteiger partial charge >= 0.3 is 5.69 Å². The first kappa shape index (κ1) is 16.7. The van der Waals surface area contributed by atoms with E-state index in [1.54, 1.807) is 11.5 Å². The lowest BCUT2D eigenvalue weighted by atomic mass is 10.3. The summed E-state index contributed by atoms with van der Waals surface area (Å²) in [4.78, 5) is 44.8. The number of carbonyl (C=O) groups is 1. The maximum Gasteiger partial charge on any atom is 0.326 e. The standard InChI is InChI=1S/C17H19N5O3/c1-11-19-12(10-16(24)20-11)6-8-18-15(23)7-9-22-14-5-3-2-4-13(14)21-17(22)25/h2-5,10H,6-9H2,1H3,(H,18,23)(H,21,25)(H,19,20,24). The van der Waals surface area contributed by atoms with E-state index < -0.39 is 0 Å². The summed E-state index contributed by atoms with van der Waals surface area (Å²) >= 11 is 0. The number of aromatic amines is 2. The number of H-pyrrole nitrogens is 2. The van der Waals surface area contributed by atoms with E-state index in [-0.39, 0.29) is 23.6 Å². The minimum atomic E-state index is -0.225. The molecular weight excluding hydrogens is 322 g/mol. The summed E-state index contributed by atoms with van der Waals surface area (Å²) in [5.41, 5.74) is 1.74. The van der Waals surface area contributed by atoms with Gasteiger partial charge in [0, 0.05) is 37.7 Å². The van der Waals surface area contributed by atoms with Crippen molar-refractivity contribution in [2.24, 2.45) is 0 Å². The van der Waals surface area contributed by atoms with Crippen LogP contribution in [0.15, 0.2) is 39.9 Å². The first-order chi connectivity index (χ1) is 12.0. The molecule has 1 aromatic carbocycles. The second-order valence-corrected chi connectivity index (χ2v) is 5.77.